The fourth-order valence-electron chi connectivity index (χ4n) is 4.14. The molecule has 0 amide bonds. The minimum absolute atomic E-state index is 0.148. The van der Waals surface area contributed by atoms with Crippen molar-refractivity contribution in [3.05, 3.63) is 96.1 Å². The van der Waals surface area contributed by atoms with Crippen LogP contribution < -0.4 is 0 Å². The van der Waals surface area contributed by atoms with Crippen molar-refractivity contribution in [2.45, 2.75) is 25.7 Å². The van der Waals surface area contributed by atoms with Crippen molar-refractivity contribution in [2.24, 2.45) is 0 Å². The van der Waals surface area contributed by atoms with Gasteiger partial charge in [0.2, 0.25) is 11.6 Å². The Morgan fingerprint density at radius 3 is 1.94 bits per heavy atom. The standard InChI is InChI=1S/C28H22O4/c1-2-9-24(29)25(22-16-7-12-18-10-3-5-14-20(18)22)27(31)28(32)26(30)23-17-8-13-19-11-4-6-15-21(19)23/h3-8,10-17,25H,2,9H2,1H3. The highest BCUT2D eigenvalue weighted by atomic mass is 16.2. The van der Waals surface area contributed by atoms with Crippen molar-refractivity contribution in [3.8, 4) is 0 Å². The number of carbonyl (C=O) groups is 4. The molecule has 0 aliphatic rings. The van der Waals surface area contributed by atoms with E-state index in [0.29, 0.717) is 17.4 Å². The van der Waals surface area contributed by atoms with Gasteiger partial charge >= 0.3 is 0 Å². The molecule has 0 heterocycles. The summed E-state index contributed by atoms with van der Waals surface area (Å²) in [7, 11) is 0. The quantitative estimate of drug-likeness (QED) is 0.215. The Labute approximate surface area is 185 Å². The van der Waals surface area contributed by atoms with E-state index in [1.807, 2.05) is 55.5 Å². The van der Waals surface area contributed by atoms with Crippen LogP contribution in [0.1, 0.15) is 41.6 Å². The van der Waals surface area contributed by atoms with Gasteiger partial charge < -0.3 is 0 Å². The van der Waals surface area contributed by atoms with E-state index in [4.69, 9.17) is 0 Å². The molecule has 4 aromatic rings. The van der Waals surface area contributed by atoms with E-state index in [1.54, 1.807) is 30.3 Å². The zero-order valence-electron chi connectivity index (χ0n) is 17.7. The summed E-state index contributed by atoms with van der Waals surface area (Å²) in [5, 5.41) is 2.98. The summed E-state index contributed by atoms with van der Waals surface area (Å²) >= 11 is 0. The van der Waals surface area contributed by atoms with E-state index >= 15 is 0 Å². The molecule has 0 aromatic heterocycles. The predicted molar refractivity (Wildman–Crippen MR) is 125 cm³/mol. The summed E-state index contributed by atoms with van der Waals surface area (Å²) in [6, 6.07) is 25.0. The Bertz CT molecular complexity index is 1360. The Kier molecular flexibility index (Phi) is 6.04. The van der Waals surface area contributed by atoms with Crippen LogP contribution in [0.2, 0.25) is 0 Å². The highest BCUT2D eigenvalue weighted by molar-refractivity contribution is 6.69. The van der Waals surface area contributed by atoms with E-state index < -0.39 is 23.3 Å². The van der Waals surface area contributed by atoms with Crippen LogP contribution in [0.3, 0.4) is 0 Å². The second-order valence-corrected chi connectivity index (χ2v) is 7.77. The lowest BCUT2D eigenvalue weighted by atomic mass is 9.83. The number of benzene rings is 4. The number of hydrogen-bond donors (Lipinski definition) is 0. The summed E-state index contributed by atoms with van der Waals surface area (Å²) < 4.78 is 0. The van der Waals surface area contributed by atoms with Gasteiger partial charge in [-0.3, -0.25) is 19.2 Å². The van der Waals surface area contributed by atoms with Crippen molar-refractivity contribution >= 4 is 44.7 Å². The van der Waals surface area contributed by atoms with Crippen LogP contribution in [0.15, 0.2) is 84.9 Å². The van der Waals surface area contributed by atoms with Gasteiger partial charge in [0.05, 0.1) is 0 Å². The van der Waals surface area contributed by atoms with Crippen molar-refractivity contribution in [3.63, 3.8) is 0 Å². The maximum absolute atomic E-state index is 13.4. The van der Waals surface area contributed by atoms with Gasteiger partial charge in [0.15, 0.2) is 0 Å². The summed E-state index contributed by atoms with van der Waals surface area (Å²) in [6.45, 7) is 1.84. The number of ketones is 4. The average Bonchev–Trinajstić information content (AvgIpc) is 2.83. The van der Waals surface area contributed by atoms with Crippen molar-refractivity contribution in [1.82, 2.24) is 0 Å². The van der Waals surface area contributed by atoms with Crippen LogP contribution in [0, 0.1) is 0 Å². The van der Waals surface area contributed by atoms with Crippen LogP contribution in [0.4, 0.5) is 0 Å². The Balaban J connectivity index is 1.78. The maximum atomic E-state index is 13.4. The molecule has 0 saturated carbocycles. The Morgan fingerprint density at radius 1 is 0.688 bits per heavy atom. The number of hydrogen-bond acceptors (Lipinski definition) is 4. The van der Waals surface area contributed by atoms with Gasteiger partial charge in [0.1, 0.15) is 11.7 Å². The van der Waals surface area contributed by atoms with E-state index in [0.717, 1.165) is 16.2 Å². The fourth-order valence-corrected chi connectivity index (χ4v) is 4.14. The van der Waals surface area contributed by atoms with Gasteiger partial charge in [-0.05, 0) is 33.5 Å². The van der Waals surface area contributed by atoms with Crippen molar-refractivity contribution < 1.29 is 19.2 Å². The lowest BCUT2D eigenvalue weighted by Gasteiger charge is -2.16. The van der Waals surface area contributed by atoms with Crippen molar-refractivity contribution in [1.29, 1.82) is 0 Å². The zero-order valence-corrected chi connectivity index (χ0v) is 17.7. The third-order valence-electron chi connectivity index (χ3n) is 5.68. The van der Waals surface area contributed by atoms with Crippen LogP contribution in [-0.2, 0) is 14.4 Å². The van der Waals surface area contributed by atoms with E-state index in [1.165, 1.54) is 6.07 Å². The largest absolute Gasteiger partial charge is 0.299 e. The smallest absolute Gasteiger partial charge is 0.270 e. The third-order valence-corrected chi connectivity index (χ3v) is 5.68. The highest BCUT2D eigenvalue weighted by Gasteiger charge is 2.37. The number of rotatable bonds is 8. The van der Waals surface area contributed by atoms with Gasteiger partial charge in [0.25, 0.3) is 5.78 Å². The second kappa shape index (κ2) is 9.06. The first-order valence-corrected chi connectivity index (χ1v) is 10.6. The molecule has 0 bridgehead atoms. The molecule has 4 aromatic carbocycles. The average molecular weight is 422 g/mol. The molecular weight excluding hydrogens is 400 g/mol. The normalized spacial score (nSPS) is 11.9. The summed E-state index contributed by atoms with van der Waals surface area (Å²) in [4.78, 5) is 52.6. The second-order valence-electron chi connectivity index (χ2n) is 7.77. The topological polar surface area (TPSA) is 68.3 Å². The first-order chi connectivity index (χ1) is 15.5. The Morgan fingerprint density at radius 2 is 1.25 bits per heavy atom. The molecule has 4 rings (SSSR count). The first kappa shape index (κ1) is 21.3. The fraction of sp³-hybridized carbons (Fsp3) is 0.143. The number of carbonyl (C=O) groups excluding carboxylic acids is 4. The minimum Gasteiger partial charge on any atom is -0.299 e. The van der Waals surface area contributed by atoms with Gasteiger partial charge in [-0.15, -0.1) is 0 Å². The highest BCUT2D eigenvalue weighted by Crippen LogP contribution is 2.29. The zero-order chi connectivity index (χ0) is 22.7. The molecule has 0 N–H and O–H groups in total. The lowest BCUT2D eigenvalue weighted by molar-refractivity contribution is -0.138. The molecule has 1 unspecified atom stereocenters. The van der Waals surface area contributed by atoms with E-state index in [2.05, 4.69) is 0 Å². The molecule has 0 fully saturated rings. The molecule has 0 aliphatic carbocycles. The lowest BCUT2D eigenvalue weighted by Crippen LogP contribution is -2.33. The predicted octanol–water partition coefficient (Wildman–Crippen LogP) is 5.47. The summed E-state index contributed by atoms with van der Waals surface area (Å²) in [5.74, 6) is -4.68. The molecule has 32 heavy (non-hydrogen) atoms. The van der Waals surface area contributed by atoms with Gasteiger partial charge in [0, 0.05) is 12.0 Å². The van der Waals surface area contributed by atoms with Gasteiger partial charge in [-0.1, -0.05) is 91.9 Å². The van der Waals surface area contributed by atoms with Crippen LogP contribution in [0.5, 0.6) is 0 Å². The molecule has 0 aliphatic heterocycles. The minimum atomic E-state index is -1.30. The molecular formula is C28H22O4. The Hall–Kier alpha value is -3.92. The molecule has 0 spiro atoms. The molecule has 0 radical (unpaired) electrons. The van der Waals surface area contributed by atoms with E-state index in [9.17, 15) is 19.2 Å². The van der Waals surface area contributed by atoms with Gasteiger partial charge in [-0.25, -0.2) is 0 Å². The monoisotopic (exact) mass is 422 g/mol. The molecule has 4 nitrogen and oxygen atoms in total. The number of Topliss-reactive ketones (excluding diaryl/α,β-unsaturated/α-hetero) is 4. The first-order valence-electron chi connectivity index (χ1n) is 10.6. The van der Waals surface area contributed by atoms with Gasteiger partial charge in [-0.2, -0.15) is 0 Å². The summed E-state index contributed by atoms with van der Waals surface area (Å²) in [6.07, 6.45) is 0.689. The number of fused-ring (bicyclic) bond motifs is 2. The molecule has 0 saturated heterocycles. The van der Waals surface area contributed by atoms with Crippen LogP contribution in [0.25, 0.3) is 21.5 Å². The third kappa shape index (κ3) is 3.87. The summed E-state index contributed by atoms with van der Waals surface area (Å²) in [5.41, 5.74) is 0.631. The molecule has 4 heteroatoms. The van der Waals surface area contributed by atoms with Crippen LogP contribution >= 0.6 is 0 Å². The van der Waals surface area contributed by atoms with Crippen molar-refractivity contribution in [2.75, 3.05) is 0 Å². The molecule has 158 valence electrons. The molecule has 1 atom stereocenters. The maximum Gasteiger partial charge on any atom is 0.270 e. The van der Waals surface area contributed by atoms with E-state index in [-0.39, 0.29) is 17.8 Å². The SMILES string of the molecule is CCCC(=O)C(C(=O)C(=O)C(=O)c1cccc2ccccc12)c1cccc2ccccc12. The van der Waals surface area contributed by atoms with Crippen LogP contribution in [-0.4, -0.2) is 23.1 Å².